The molecule has 70 valence electrons. The van der Waals surface area contributed by atoms with Crippen molar-refractivity contribution in [2.45, 2.75) is 6.04 Å². The topological polar surface area (TPSA) is 41.1 Å². The molecule has 0 spiro atoms. The highest BCUT2D eigenvalue weighted by Crippen LogP contribution is 2.16. The number of hydrogen-bond donors (Lipinski definition) is 2. The van der Waals surface area contributed by atoms with E-state index >= 15 is 0 Å². The van der Waals surface area contributed by atoms with Crippen molar-refractivity contribution in [1.82, 2.24) is 10.6 Å². The minimum Gasteiger partial charge on any atom is -0.352 e. The van der Waals surface area contributed by atoms with Gasteiger partial charge in [-0.05, 0) is 0 Å². The number of carbonyl (C=O) groups excluding carboxylic acids is 1. The van der Waals surface area contributed by atoms with Crippen LogP contribution < -0.4 is 10.6 Å². The molecular formula is C7H13FN2OS. The van der Waals surface area contributed by atoms with Gasteiger partial charge in [0.2, 0.25) is 5.91 Å². The molecule has 1 aliphatic rings. The predicted molar refractivity (Wildman–Crippen MR) is 48.1 cm³/mol. The Kier molecular flexibility index (Phi) is 4.39. The Labute approximate surface area is 75.5 Å². The van der Waals surface area contributed by atoms with E-state index in [1.807, 2.05) is 11.8 Å². The van der Waals surface area contributed by atoms with Crippen LogP contribution in [0.3, 0.4) is 0 Å². The van der Waals surface area contributed by atoms with E-state index in [1.165, 1.54) is 0 Å². The van der Waals surface area contributed by atoms with Crippen LogP contribution in [0.1, 0.15) is 0 Å². The predicted octanol–water partition coefficient (Wildman–Crippen LogP) is -0.223. The summed E-state index contributed by atoms with van der Waals surface area (Å²) >= 11 is 1.86. The van der Waals surface area contributed by atoms with Gasteiger partial charge < -0.3 is 10.6 Å². The molecule has 0 aromatic carbocycles. The third kappa shape index (κ3) is 3.40. The minimum atomic E-state index is -0.495. The smallest absolute Gasteiger partial charge is 0.234 e. The number of amides is 1. The lowest BCUT2D eigenvalue weighted by molar-refractivity contribution is -0.120. The number of carbonyl (C=O) groups is 1. The zero-order valence-electron chi connectivity index (χ0n) is 6.81. The van der Waals surface area contributed by atoms with Crippen molar-refractivity contribution < 1.29 is 9.18 Å². The Morgan fingerprint density at radius 3 is 2.83 bits per heavy atom. The first kappa shape index (κ1) is 9.80. The number of rotatable bonds is 5. The van der Waals surface area contributed by atoms with E-state index in [2.05, 4.69) is 10.6 Å². The SMILES string of the molecule is O=C(CNC1CSC1)NCCF. The Balaban J connectivity index is 1.94. The summed E-state index contributed by atoms with van der Waals surface area (Å²) in [6.07, 6.45) is 0. The second-order valence-electron chi connectivity index (χ2n) is 2.65. The quantitative estimate of drug-likeness (QED) is 0.632. The Morgan fingerprint density at radius 1 is 1.58 bits per heavy atom. The molecule has 5 heteroatoms. The molecule has 0 aromatic heterocycles. The summed E-state index contributed by atoms with van der Waals surface area (Å²) in [6.45, 7) is -0.0593. The first-order valence-electron chi connectivity index (χ1n) is 3.96. The molecular weight excluding hydrogens is 179 g/mol. The fraction of sp³-hybridized carbons (Fsp3) is 0.857. The summed E-state index contributed by atoms with van der Waals surface area (Å²) in [4.78, 5) is 10.9. The van der Waals surface area contributed by atoms with Gasteiger partial charge in [-0.15, -0.1) is 0 Å². The van der Waals surface area contributed by atoms with Crippen molar-refractivity contribution >= 4 is 17.7 Å². The molecule has 0 aromatic rings. The van der Waals surface area contributed by atoms with E-state index in [9.17, 15) is 9.18 Å². The van der Waals surface area contributed by atoms with Crippen LogP contribution in [0.5, 0.6) is 0 Å². The Hall–Kier alpha value is -0.290. The van der Waals surface area contributed by atoms with Crippen LogP contribution in [0.2, 0.25) is 0 Å². The van der Waals surface area contributed by atoms with Crippen molar-refractivity contribution in [2.75, 3.05) is 31.3 Å². The molecule has 2 N–H and O–H groups in total. The molecule has 1 aliphatic heterocycles. The highest BCUT2D eigenvalue weighted by atomic mass is 32.2. The maximum atomic E-state index is 11.6. The summed E-state index contributed by atoms with van der Waals surface area (Å²) in [7, 11) is 0. The van der Waals surface area contributed by atoms with Crippen molar-refractivity contribution in [3.8, 4) is 0 Å². The fourth-order valence-corrected chi connectivity index (χ4v) is 1.55. The van der Waals surface area contributed by atoms with Crippen LogP contribution in [0, 0.1) is 0 Å². The summed E-state index contributed by atoms with van der Waals surface area (Å²) in [5.74, 6) is 2.04. The van der Waals surface area contributed by atoms with Gasteiger partial charge >= 0.3 is 0 Å². The lowest BCUT2D eigenvalue weighted by Gasteiger charge is -2.25. The number of nitrogens with one attached hydrogen (secondary N) is 2. The van der Waals surface area contributed by atoms with E-state index < -0.39 is 6.67 Å². The summed E-state index contributed by atoms with van der Waals surface area (Å²) in [6, 6.07) is 0.478. The van der Waals surface area contributed by atoms with Gasteiger partial charge in [0.1, 0.15) is 6.67 Å². The van der Waals surface area contributed by atoms with Gasteiger partial charge in [-0.25, -0.2) is 4.39 Å². The first-order valence-corrected chi connectivity index (χ1v) is 5.12. The van der Waals surface area contributed by atoms with Crippen molar-refractivity contribution in [3.63, 3.8) is 0 Å². The maximum absolute atomic E-state index is 11.6. The zero-order valence-corrected chi connectivity index (χ0v) is 7.62. The largest absolute Gasteiger partial charge is 0.352 e. The monoisotopic (exact) mass is 192 g/mol. The molecule has 12 heavy (non-hydrogen) atoms. The van der Waals surface area contributed by atoms with E-state index in [-0.39, 0.29) is 12.5 Å². The van der Waals surface area contributed by atoms with Crippen LogP contribution in [0.15, 0.2) is 0 Å². The molecule has 1 heterocycles. The molecule has 0 unspecified atom stereocenters. The lowest BCUT2D eigenvalue weighted by Crippen LogP contribution is -2.45. The molecule has 0 aliphatic carbocycles. The van der Waals surface area contributed by atoms with Crippen molar-refractivity contribution in [1.29, 1.82) is 0 Å². The second kappa shape index (κ2) is 5.37. The number of alkyl halides is 1. The fourth-order valence-electron chi connectivity index (χ4n) is 0.840. The maximum Gasteiger partial charge on any atom is 0.234 e. The van der Waals surface area contributed by atoms with E-state index in [0.29, 0.717) is 12.6 Å². The molecule has 1 amide bonds. The second-order valence-corrected chi connectivity index (χ2v) is 3.73. The van der Waals surface area contributed by atoms with Gasteiger partial charge in [0.25, 0.3) is 0 Å². The molecule has 3 nitrogen and oxygen atoms in total. The van der Waals surface area contributed by atoms with Gasteiger partial charge in [-0.3, -0.25) is 4.79 Å². The van der Waals surface area contributed by atoms with E-state index in [4.69, 9.17) is 0 Å². The molecule has 0 radical (unpaired) electrons. The van der Waals surface area contributed by atoms with Crippen LogP contribution in [-0.4, -0.2) is 43.2 Å². The molecule has 0 bridgehead atoms. The van der Waals surface area contributed by atoms with E-state index in [0.717, 1.165) is 11.5 Å². The average Bonchev–Trinajstić information content (AvgIpc) is 1.98. The normalized spacial score (nSPS) is 17.1. The van der Waals surface area contributed by atoms with Gasteiger partial charge in [0, 0.05) is 24.1 Å². The summed E-state index contributed by atoms with van der Waals surface area (Å²) < 4.78 is 11.6. The van der Waals surface area contributed by atoms with Crippen LogP contribution >= 0.6 is 11.8 Å². The summed E-state index contributed by atoms with van der Waals surface area (Å²) in [5, 5.41) is 5.53. The third-order valence-electron chi connectivity index (χ3n) is 1.61. The Morgan fingerprint density at radius 2 is 2.33 bits per heavy atom. The van der Waals surface area contributed by atoms with Gasteiger partial charge in [-0.2, -0.15) is 11.8 Å². The molecule has 0 saturated carbocycles. The van der Waals surface area contributed by atoms with Crippen molar-refractivity contribution in [3.05, 3.63) is 0 Å². The lowest BCUT2D eigenvalue weighted by atomic mass is 10.3. The molecule has 1 fully saturated rings. The molecule has 1 saturated heterocycles. The third-order valence-corrected chi connectivity index (χ3v) is 2.88. The summed E-state index contributed by atoms with van der Waals surface area (Å²) in [5.41, 5.74) is 0. The first-order chi connectivity index (χ1) is 5.83. The molecule has 0 atom stereocenters. The number of halogens is 1. The van der Waals surface area contributed by atoms with Gasteiger partial charge in [-0.1, -0.05) is 0 Å². The molecule has 1 rings (SSSR count). The zero-order chi connectivity index (χ0) is 8.81. The van der Waals surface area contributed by atoms with E-state index in [1.54, 1.807) is 0 Å². The van der Waals surface area contributed by atoms with Crippen LogP contribution in [0.4, 0.5) is 4.39 Å². The van der Waals surface area contributed by atoms with Crippen LogP contribution in [-0.2, 0) is 4.79 Å². The van der Waals surface area contributed by atoms with Crippen molar-refractivity contribution in [2.24, 2.45) is 0 Å². The highest BCUT2D eigenvalue weighted by Gasteiger charge is 2.17. The minimum absolute atomic E-state index is 0.121. The Bertz CT molecular complexity index is 152. The van der Waals surface area contributed by atoms with Gasteiger partial charge in [0.15, 0.2) is 0 Å². The number of thioether (sulfide) groups is 1. The highest BCUT2D eigenvalue weighted by molar-refractivity contribution is 8.00. The standard InChI is InChI=1S/C7H13FN2OS/c8-1-2-9-7(11)3-10-6-4-12-5-6/h6,10H,1-5H2,(H,9,11). The van der Waals surface area contributed by atoms with Gasteiger partial charge in [0.05, 0.1) is 6.54 Å². The van der Waals surface area contributed by atoms with Crippen LogP contribution in [0.25, 0.3) is 0 Å². The average molecular weight is 192 g/mol. The number of hydrogen-bond acceptors (Lipinski definition) is 3.